The van der Waals surface area contributed by atoms with E-state index in [0.717, 1.165) is 23.2 Å². The topological polar surface area (TPSA) is 40.5 Å². The van der Waals surface area contributed by atoms with Crippen LogP contribution in [0.1, 0.15) is 19.8 Å². The highest BCUT2D eigenvalue weighted by Gasteiger charge is 2.05. The lowest BCUT2D eigenvalue weighted by Crippen LogP contribution is -2.24. The van der Waals surface area contributed by atoms with Crippen molar-refractivity contribution < 1.29 is 9.90 Å². The molecule has 1 rings (SSSR count). The number of carboxylic acids is 1. The number of benzene rings is 1. The quantitative estimate of drug-likeness (QED) is 0.873. The maximum Gasteiger partial charge on any atom is 0.303 e. The number of nitrogens with zero attached hydrogens (tertiary/aromatic N) is 1. The second kappa shape index (κ2) is 6.53. The molecule has 0 saturated heterocycles. The normalized spacial score (nSPS) is 10.1. The fraction of sp³-hybridized carbons (Fsp3) is 0.417. The molecule has 0 bridgehead atoms. The van der Waals surface area contributed by atoms with Gasteiger partial charge in [0.05, 0.1) is 0 Å². The predicted molar refractivity (Wildman–Crippen MR) is 68.9 cm³/mol. The van der Waals surface area contributed by atoms with Crippen molar-refractivity contribution in [2.75, 3.05) is 18.0 Å². The van der Waals surface area contributed by atoms with E-state index in [1.165, 1.54) is 0 Å². The Kier molecular flexibility index (Phi) is 5.32. The first-order chi connectivity index (χ1) is 7.63. The summed E-state index contributed by atoms with van der Waals surface area (Å²) < 4.78 is 1.05. The molecule has 0 aliphatic carbocycles. The Morgan fingerprint density at radius 3 is 2.50 bits per heavy atom. The minimum Gasteiger partial charge on any atom is -0.481 e. The van der Waals surface area contributed by atoms with Gasteiger partial charge in [0.25, 0.3) is 0 Å². The molecule has 1 aromatic carbocycles. The number of aliphatic carboxylic acids is 1. The molecule has 16 heavy (non-hydrogen) atoms. The Morgan fingerprint density at radius 1 is 1.38 bits per heavy atom. The first kappa shape index (κ1) is 13.0. The van der Waals surface area contributed by atoms with Gasteiger partial charge in [0.2, 0.25) is 0 Å². The van der Waals surface area contributed by atoms with Crippen LogP contribution in [-0.2, 0) is 4.79 Å². The second-order valence-corrected chi connectivity index (χ2v) is 4.47. The molecule has 88 valence electrons. The van der Waals surface area contributed by atoms with Crippen molar-refractivity contribution >= 4 is 27.6 Å². The number of anilines is 1. The molecular formula is C12H16BrNO2. The highest BCUT2D eigenvalue weighted by Crippen LogP contribution is 2.18. The first-order valence-electron chi connectivity index (χ1n) is 5.35. The lowest BCUT2D eigenvalue weighted by Gasteiger charge is -2.22. The van der Waals surface area contributed by atoms with E-state index in [1.807, 2.05) is 24.3 Å². The summed E-state index contributed by atoms with van der Waals surface area (Å²) in [6.07, 6.45) is 0.909. The van der Waals surface area contributed by atoms with Crippen LogP contribution >= 0.6 is 15.9 Å². The summed E-state index contributed by atoms with van der Waals surface area (Å²) in [7, 11) is 0. The van der Waals surface area contributed by atoms with Gasteiger partial charge in [0.1, 0.15) is 0 Å². The van der Waals surface area contributed by atoms with Gasteiger partial charge in [-0.15, -0.1) is 0 Å². The van der Waals surface area contributed by atoms with E-state index in [2.05, 4.69) is 27.8 Å². The molecule has 0 unspecified atom stereocenters. The number of rotatable bonds is 6. The van der Waals surface area contributed by atoms with E-state index in [9.17, 15) is 4.79 Å². The molecule has 1 N–H and O–H groups in total. The Hall–Kier alpha value is -1.03. The fourth-order valence-corrected chi connectivity index (χ4v) is 1.81. The molecule has 0 aliphatic rings. The summed E-state index contributed by atoms with van der Waals surface area (Å²) in [6.45, 7) is 3.74. The van der Waals surface area contributed by atoms with Crippen molar-refractivity contribution in [3.05, 3.63) is 28.7 Å². The maximum absolute atomic E-state index is 10.4. The monoisotopic (exact) mass is 285 g/mol. The van der Waals surface area contributed by atoms with Crippen molar-refractivity contribution in [1.29, 1.82) is 0 Å². The molecule has 0 aliphatic heterocycles. The fourth-order valence-electron chi connectivity index (χ4n) is 1.54. The van der Waals surface area contributed by atoms with Gasteiger partial charge in [-0.05, 0) is 37.6 Å². The zero-order valence-electron chi connectivity index (χ0n) is 9.32. The van der Waals surface area contributed by atoms with Gasteiger partial charge in [-0.3, -0.25) is 4.79 Å². The Balaban J connectivity index is 2.53. The summed E-state index contributed by atoms with van der Waals surface area (Å²) in [5, 5.41) is 8.58. The Labute approximate surface area is 104 Å². The molecule has 0 fully saturated rings. The SMILES string of the molecule is CCN(CCCC(=O)O)c1ccc(Br)cc1. The lowest BCUT2D eigenvalue weighted by molar-refractivity contribution is -0.137. The van der Waals surface area contributed by atoms with Crippen LogP contribution in [0, 0.1) is 0 Å². The average Bonchev–Trinajstić information content (AvgIpc) is 2.26. The number of halogens is 1. The van der Waals surface area contributed by atoms with Gasteiger partial charge in [-0.25, -0.2) is 0 Å². The maximum atomic E-state index is 10.4. The average molecular weight is 286 g/mol. The molecule has 0 amide bonds. The minimum atomic E-state index is -0.730. The largest absolute Gasteiger partial charge is 0.481 e. The molecule has 0 heterocycles. The van der Waals surface area contributed by atoms with E-state index >= 15 is 0 Å². The van der Waals surface area contributed by atoms with Gasteiger partial charge in [0.15, 0.2) is 0 Å². The van der Waals surface area contributed by atoms with Crippen LogP contribution < -0.4 is 4.90 Å². The van der Waals surface area contributed by atoms with E-state index < -0.39 is 5.97 Å². The molecule has 1 aromatic rings. The van der Waals surface area contributed by atoms with Crippen LogP contribution in [0.4, 0.5) is 5.69 Å². The highest BCUT2D eigenvalue weighted by molar-refractivity contribution is 9.10. The minimum absolute atomic E-state index is 0.229. The summed E-state index contributed by atoms with van der Waals surface area (Å²) in [4.78, 5) is 12.6. The van der Waals surface area contributed by atoms with E-state index in [0.29, 0.717) is 6.42 Å². The lowest BCUT2D eigenvalue weighted by atomic mass is 10.2. The first-order valence-corrected chi connectivity index (χ1v) is 6.15. The van der Waals surface area contributed by atoms with Crippen LogP contribution in [0.5, 0.6) is 0 Å². The third kappa shape index (κ3) is 4.23. The molecule has 0 radical (unpaired) electrons. The van der Waals surface area contributed by atoms with Crippen LogP contribution in [-0.4, -0.2) is 24.2 Å². The summed E-state index contributed by atoms with van der Waals surface area (Å²) in [5.74, 6) is -0.730. The summed E-state index contributed by atoms with van der Waals surface area (Å²) in [5.41, 5.74) is 1.14. The van der Waals surface area contributed by atoms with Gasteiger partial charge in [-0.1, -0.05) is 15.9 Å². The molecule has 0 saturated carbocycles. The van der Waals surface area contributed by atoms with Crippen molar-refractivity contribution in [2.45, 2.75) is 19.8 Å². The second-order valence-electron chi connectivity index (χ2n) is 3.55. The number of hydrogen-bond acceptors (Lipinski definition) is 2. The predicted octanol–water partition coefficient (Wildman–Crippen LogP) is 3.14. The third-order valence-electron chi connectivity index (χ3n) is 2.39. The standard InChI is InChI=1S/C12H16BrNO2/c1-2-14(9-3-4-12(15)16)11-7-5-10(13)6-8-11/h5-8H,2-4,9H2,1H3,(H,15,16). The van der Waals surface area contributed by atoms with Gasteiger partial charge in [-0.2, -0.15) is 0 Å². The van der Waals surface area contributed by atoms with Crippen LogP contribution in [0.15, 0.2) is 28.7 Å². The number of carbonyl (C=O) groups is 1. The van der Waals surface area contributed by atoms with Crippen molar-refractivity contribution in [1.82, 2.24) is 0 Å². The molecule has 0 aromatic heterocycles. The van der Waals surface area contributed by atoms with E-state index in [4.69, 9.17) is 5.11 Å². The van der Waals surface area contributed by atoms with Crippen LogP contribution in [0.3, 0.4) is 0 Å². The van der Waals surface area contributed by atoms with Crippen molar-refractivity contribution in [2.24, 2.45) is 0 Å². The van der Waals surface area contributed by atoms with Gasteiger partial charge < -0.3 is 10.0 Å². The Morgan fingerprint density at radius 2 is 2.00 bits per heavy atom. The zero-order chi connectivity index (χ0) is 12.0. The van der Waals surface area contributed by atoms with Crippen LogP contribution in [0.2, 0.25) is 0 Å². The molecule has 0 spiro atoms. The van der Waals surface area contributed by atoms with Crippen molar-refractivity contribution in [3.63, 3.8) is 0 Å². The number of hydrogen-bond donors (Lipinski definition) is 1. The van der Waals surface area contributed by atoms with E-state index in [1.54, 1.807) is 0 Å². The molecular weight excluding hydrogens is 270 g/mol. The van der Waals surface area contributed by atoms with Crippen molar-refractivity contribution in [3.8, 4) is 0 Å². The van der Waals surface area contributed by atoms with Gasteiger partial charge >= 0.3 is 5.97 Å². The van der Waals surface area contributed by atoms with E-state index in [-0.39, 0.29) is 6.42 Å². The smallest absolute Gasteiger partial charge is 0.303 e. The third-order valence-corrected chi connectivity index (χ3v) is 2.92. The summed E-state index contributed by atoms with van der Waals surface area (Å²) >= 11 is 3.39. The number of carboxylic acid groups (broad SMARTS) is 1. The highest BCUT2D eigenvalue weighted by atomic mass is 79.9. The van der Waals surface area contributed by atoms with Gasteiger partial charge in [0, 0.05) is 29.7 Å². The molecule has 0 atom stereocenters. The molecule has 3 nitrogen and oxygen atoms in total. The Bertz CT molecular complexity index is 337. The van der Waals surface area contributed by atoms with Crippen LogP contribution in [0.25, 0.3) is 0 Å². The zero-order valence-corrected chi connectivity index (χ0v) is 10.9. The summed E-state index contributed by atoms with van der Waals surface area (Å²) in [6, 6.07) is 8.06. The molecule has 4 heteroatoms.